The summed E-state index contributed by atoms with van der Waals surface area (Å²) in [4.78, 5) is 0. The molecule has 1 radical (unpaired) electrons. The van der Waals surface area contributed by atoms with Gasteiger partial charge >= 0.3 is 0 Å². The molecule has 0 saturated carbocycles. The van der Waals surface area contributed by atoms with Crippen LogP contribution in [0.2, 0.25) is 0 Å². The molecular weight excluding hydrogens is 188 g/mol. The van der Waals surface area contributed by atoms with E-state index in [9.17, 15) is 13.0 Å². The molecule has 1 atom stereocenters. The Bertz CT molecular complexity index is 209. The number of hydrogen-bond donors (Lipinski definition) is 0. The zero-order valence-corrected chi connectivity index (χ0v) is 9.27. The lowest BCUT2D eigenvalue weighted by Crippen LogP contribution is -2.02. The Morgan fingerprint density at radius 3 is 2.23 bits per heavy atom. The lowest BCUT2D eigenvalue weighted by molar-refractivity contribution is 0.411. The number of rotatable bonds is 7. The van der Waals surface area contributed by atoms with Gasteiger partial charge < -0.3 is 0 Å². The van der Waals surface area contributed by atoms with Crippen molar-refractivity contribution in [3.05, 3.63) is 0 Å². The van der Waals surface area contributed by atoms with Crippen LogP contribution in [0.15, 0.2) is 0 Å². The minimum Gasteiger partial charge on any atom is -0.197 e. The van der Waals surface area contributed by atoms with Gasteiger partial charge in [-0.25, -0.2) is 0 Å². The molecule has 0 aromatic heterocycles. The molecule has 0 N–H and O–H groups in total. The third-order valence-corrected chi connectivity index (χ3v) is 3.08. The summed E-state index contributed by atoms with van der Waals surface area (Å²) in [6, 6.07) is 0. The normalized spacial score (nSPS) is 14.4. The van der Waals surface area contributed by atoms with Gasteiger partial charge in [-0.15, -0.1) is 0 Å². The Morgan fingerprint density at radius 2 is 1.77 bits per heavy atom. The zero-order chi connectivity index (χ0) is 10.3. The van der Waals surface area contributed by atoms with Crippen LogP contribution in [0.4, 0.5) is 0 Å². The van der Waals surface area contributed by atoms with E-state index in [2.05, 4.69) is 13.8 Å². The van der Waals surface area contributed by atoms with Crippen LogP contribution < -0.4 is 0 Å². The molecule has 79 valence electrons. The van der Waals surface area contributed by atoms with Gasteiger partial charge in [0.25, 0.3) is 10.1 Å². The monoisotopic (exact) mass is 207 g/mol. The van der Waals surface area contributed by atoms with Gasteiger partial charge in [-0.3, -0.25) is 0 Å². The summed E-state index contributed by atoms with van der Waals surface area (Å²) in [5.41, 5.74) is 0. The molecule has 0 aliphatic carbocycles. The highest BCUT2D eigenvalue weighted by Crippen LogP contribution is 2.12. The molecule has 0 spiro atoms. The Kier molecular flexibility index (Phi) is 6.33. The summed E-state index contributed by atoms with van der Waals surface area (Å²) in [5.74, 6) is 0.511. The molecule has 0 aromatic carbocycles. The molecule has 4 heteroatoms. The first-order valence-corrected chi connectivity index (χ1v) is 6.47. The summed E-state index contributed by atoms with van der Waals surface area (Å²) < 4.78 is 30.7. The predicted molar refractivity (Wildman–Crippen MR) is 52.4 cm³/mol. The van der Waals surface area contributed by atoms with Crippen LogP contribution in [0.5, 0.6) is 0 Å². The van der Waals surface area contributed by atoms with Crippen molar-refractivity contribution in [2.75, 3.05) is 5.75 Å². The van der Waals surface area contributed by atoms with Gasteiger partial charge in [-0.2, -0.15) is 8.42 Å². The topological polar surface area (TPSA) is 54.0 Å². The first-order valence-electron chi connectivity index (χ1n) is 4.89. The highest BCUT2D eigenvalue weighted by Gasteiger charge is 2.05. The predicted octanol–water partition coefficient (Wildman–Crippen LogP) is 2.35. The molecule has 0 bridgehead atoms. The fourth-order valence-corrected chi connectivity index (χ4v) is 1.71. The van der Waals surface area contributed by atoms with Crippen LogP contribution in [-0.4, -0.2) is 14.2 Å². The van der Waals surface area contributed by atoms with Crippen molar-refractivity contribution < 1.29 is 13.0 Å². The Labute approximate surface area is 81.3 Å². The molecule has 3 nitrogen and oxygen atoms in total. The van der Waals surface area contributed by atoms with Crippen LogP contribution >= 0.6 is 0 Å². The Morgan fingerprint density at radius 1 is 1.15 bits per heavy atom. The van der Waals surface area contributed by atoms with E-state index in [1.165, 1.54) is 6.42 Å². The molecule has 0 aliphatic rings. The van der Waals surface area contributed by atoms with Gasteiger partial charge in [-0.1, -0.05) is 44.1 Å². The van der Waals surface area contributed by atoms with Crippen molar-refractivity contribution in [2.45, 2.75) is 46.0 Å². The first kappa shape index (κ1) is 12.9. The van der Waals surface area contributed by atoms with Gasteiger partial charge in [0.15, 0.2) is 0 Å². The van der Waals surface area contributed by atoms with Gasteiger partial charge in [0.1, 0.15) is 0 Å². The maximum atomic E-state index is 10.2. The van der Waals surface area contributed by atoms with Crippen LogP contribution in [-0.2, 0) is 14.7 Å². The quantitative estimate of drug-likeness (QED) is 0.602. The summed E-state index contributed by atoms with van der Waals surface area (Å²) in [6.45, 7) is 4.33. The second-order valence-electron chi connectivity index (χ2n) is 3.62. The van der Waals surface area contributed by atoms with Crippen LogP contribution in [0.1, 0.15) is 46.0 Å². The van der Waals surface area contributed by atoms with Gasteiger partial charge in [0.2, 0.25) is 0 Å². The molecule has 0 heterocycles. The summed E-state index contributed by atoms with van der Waals surface area (Å²) in [7, 11) is -3.98. The maximum absolute atomic E-state index is 10.2. The average Bonchev–Trinajstić information content (AvgIpc) is 2.01. The molecule has 0 fully saturated rings. The summed E-state index contributed by atoms with van der Waals surface area (Å²) >= 11 is 0. The van der Waals surface area contributed by atoms with E-state index in [1.54, 1.807) is 0 Å². The van der Waals surface area contributed by atoms with E-state index in [0.717, 1.165) is 19.3 Å². The van der Waals surface area contributed by atoms with E-state index in [4.69, 9.17) is 0 Å². The molecule has 1 unspecified atom stereocenters. The molecule has 0 aliphatic heterocycles. The van der Waals surface area contributed by atoms with Crippen LogP contribution in [0.25, 0.3) is 0 Å². The standard InChI is InChI=1S/C9H19O3S/c1-3-9(2)7-5-4-6-8-13(10,11)12/h9H,3-8H2,1-2H3. The second-order valence-corrected chi connectivity index (χ2v) is 5.15. The SMILES string of the molecule is CCC(C)CCCCCS([O])(=O)=O. The lowest BCUT2D eigenvalue weighted by Gasteiger charge is -2.06. The molecule has 0 amide bonds. The van der Waals surface area contributed by atoms with E-state index < -0.39 is 10.1 Å². The maximum Gasteiger partial charge on any atom is 0.294 e. The van der Waals surface area contributed by atoms with Crippen molar-refractivity contribution in [2.24, 2.45) is 5.92 Å². The van der Waals surface area contributed by atoms with Crippen LogP contribution in [0, 0.1) is 5.92 Å². The average molecular weight is 207 g/mol. The van der Waals surface area contributed by atoms with Gasteiger partial charge in [-0.05, 0) is 12.3 Å². The van der Waals surface area contributed by atoms with Gasteiger partial charge in [0, 0.05) is 0 Å². The first-order chi connectivity index (χ1) is 5.95. The summed E-state index contributed by atoms with van der Waals surface area (Å²) in [6.07, 6.45) is 4.70. The highest BCUT2D eigenvalue weighted by atomic mass is 32.2. The molecular formula is C9H19O3S. The van der Waals surface area contributed by atoms with Gasteiger partial charge in [0.05, 0.1) is 5.75 Å². The molecule has 13 heavy (non-hydrogen) atoms. The fourth-order valence-electron chi connectivity index (χ4n) is 1.15. The van der Waals surface area contributed by atoms with E-state index >= 15 is 0 Å². The summed E-state index contributed by atoms with van der Waals surface area (Å²) in [5, 5.41) is 0. The smallest absolute Gasteiger partial charge is 0.197 e. The minimum absolute atomic E-state index is 0.201. The molecule has 0 aromatic rings. The Hall–Kier alpha value is -0.0900. The van der Waals surface area contributed by atoms with E-state index in [-0.39, 0.29) is 5.75 Å². The van der Waals surface area contributed by atoms with Crippen LogP contribution in [0.3, 0.4) is 0 Å². The zero-order valence-electron chi connectivity index (χ0n) is 8.45. The molecule has 0 rings (SSSR count). The van der Waals surface area contributed by atoms with Crippen molar-refractivity contribution in [1.82, 2.24) is 0 Å². The fraction of sp³-hybridized carbons (Fsp3) is 1.00. The third-order valence-electron chi connectivity index (χ3n) is 2.29. The largest absolute Gasteiger partial charge is 0.294 e. The third kappa shape index (κ3) is 9.83. The van der Waals surface area contributed by atoms with Crippen molar-refractivity contribution in [1.29, 1.82) is 0 Å². The van der Waals surface area contributed by atoms with E-state index in [1.807, 2.05) is 0 Å². The number of hydrogen-bond acceptors (Lipinski definition) is 2. The minimum atomic E-state index is -3.98. The van der Waals surface area contributed by atoms with E-state index in [0.29, 0.717) is 12.3 Å². The molecule has 0 saturated heterocycles. The van der Waals surface area contributed by atoms with Crippen molar-refractivity contribution in [3.8, 4) is 0 Å². The Balaban J connectivity index is 3.27. The van der Waals surface area contributed by atoms with Crippen molar-refractivity contribution in [3.63, 3.8) is 0 Å². The highest BCUT2D eigenvalue weighted by molar-refractivity contribution is 7.85. The van der Waals surface area contributed by atoms with Crippen molar-refractivity contribution >= 4 is 10.1 Å². The second kappa shape index (κ2) is 6.38. The number of unbranched alkanes of at least 4 members (excludes halogenated alkanes) is 2. The lowest BCUT2D eigenvalue weighted by atomic mass is 10.0.